The highest BCUT2D eigenvalue weighted by Gasteiger charge is 2.42. The largest absolute Gasteiger partial charge is 0.493 e. The second-order valence-electron chi connectivity index (χ2n) is 8.79. The van der Waals surface area contributed by atoms with Crippen LogP contribution in [-0.4, -0.2) is 41.3 Å². The Kier molecular flexibility index (Phi) is 6.58. The molecule has 2 aromatic rings. The summed E-state index contributed by atoms with van der Waals surface area (Å²) in [4.78, 5) is 30.1. The minimum absolute atomic E-state index is 0.0826. The Morgan fingerprint density at radius 1 is 0.938 bits per heavy atom. The molecule has 0 unspecified atom stereocenters. The van der Waals surface area contributed by atoms with Crippen molar-refractivity contribution in [1.29, 1.82) is 0 Å². The van der Waals surface area contributed by atoms with Gasteiger partial charge in [0, 0.05) is 18.7 Å². The summed E-state index contributed by atoms with van der Waals surface area (Å²) in [6, 6.07) is 13.6. The fourth-order valence-electron chi connectivity index (χ4n) is 4.16. The maximum absolute atomic E-state index is 14.3. The van der Waals surface area contributed by atoms with Crippen LogP contribution in [0, 0.1) is 11.7 Å². The topological polar surface area (TPSA) is 49.9 Å². The van der Waals surface area contributed by atoms with Crippen molar-refractivity contribution in [3.63, 3.8) is 0 Å². The second kappa shape index (κ2) is 9.55. The predicted molar refractivity (Wildman–Crippen MR) is 121 cm³/mol. The smallest absolute Gasteiger partial charge is 0.278 e. The van der Waals surface area contributed by atoms with Crippen LogP contribution in [0.2, 0.25) is 0 Å². The normalized spacial score (nSPS) is 17.0. The SMILES string of the molecule is CC(C)COc1ccc(C2=C(N3CCCCC3)C(=O)N(Cc3ccccc3F)C2=O)cc1. The quantitative estimate of drug-likeness (QED) is 0.594. The molecule has 6 heteroatoms. The highest BCUT2D eigenvalue weighted by Crippen LogP contribution is 2.34. The van der Waals surface area contributed by atoms with Crippen molar-refractivity contribution in [2.24, 2.45) is 5.92 Å². The summed E-state index contributed by atoms with van der Waals surface area (Å²) >= 11 is 0. The molecule has 5 nitrogen and oxygen atoms in total. The molecule has 2 amide bonds. The Balaban J connectivity index is 1.67. The van der Waals surface area contributed by atoms with E-state index in [0.29, 0.717) is 34.9 Å². The predicted octanol–water partition coefficient (Wildman–Crippen LogP) is 4.63. The number of imide groups is 1. The van der Waals surface area contributed by atoms with Crippen LogP contribution in [-0.2, 0) is 16.1 Å². The first kappa shape index (κ1) is 22.1. The Bertz CT molecular complexity index is 1020. The third-order valence-corrected chi connectivity index (χ3v) is 5.83. The summed E-state index contributed by atoms with van der Waals surface area (Å²) in [7, 11) is 0. The molecule has 0 aromatic heterocycles. The average Bonchev–Trinajstić information content (AvgIpc) is 3.04. The molecule has 1 saturated heterocycles. The molecular weight excluding hydrogens is 407 g/mol. The number of carbonyl (C=O) groups excluding carboxylic acids is 2. The average molecular weight is 437 g/mol. The number of hydrogen-bond acceptors (Lipinski definition) is 4. The zero-order chi connectivity index (χ0) is 22.7. The Hall–Kier alpha value is -3.15. The van der Waals surface area contributed by atoms with E-state index in [0.717, 1.165) is 38.1 Å². The third kappa shape index (κ3) is 4.54. The van der Waals surface area contributed by atoms with Crippen LogP contribution in [0.3, 0.4) is 0 Å². The van der Waals surface area contributed by atoms with Gasteiger partial charge in [-0.2, -0.15) is 0 Å². The maximum atomic E-state index is 14.3. The fraction of sp³-hybridized carbons (Fsp3) is 0.385. The Morgan fingerprint density at radius 3 is 2.28 bits per heavy atom. The van der Waals surface area contributed by atoms with E-state index in [-0.39, 0.29) is 18.4 Å². The molecule has 2 aliphatic heterocycles. The van der Waals surface area contributed by atoms with Gasteiger partial charge in [0.2, 0.25) is 0 Å². The van der Waals surface area contributed by atoms with Crippen LogP contribution in [0.25, 0.3) is 5.57 Å². The van der Waals surface area contributed by atoms with Crippen LogP contribution in [0.4, 0.5) is 4.39 Å². The van der Waals surface area contributed by atoms with E-state index in [9.17, 15) is 14.0 Å². The molecule has 168 valence electrons. The molecule has 0 atom stereocenters. The molecule has 0 aliphatic carbocycles. The number of amides is 2. The first-order valence-corrected chi connectivity index (χ1v) is 11.3. The zero-order valence-corrected chi connectivity index (χ0v) is 18.6. The molecule has 4 rings (SSSR count). The van der Waals surface area contributed by atoms with Gasteiger partial charge in [-0.15, -0.1) is 0 Å². The van der Waals surface area contributed by atoms with E-state index in [1.54, 1.807) is 18.2 Å². The van der Waals surface area contributed by atoms with Crippen molar-refractivity contribution in [3.8, 4) is 5.75 Å². The van der Waals surface area contributed by atoms with Crippen molar-refractivity contribution in [1.82, 2.24) is 9.80 Å². The number of nitrogens with zero attached hydrogens (tertiary/aromatic N) is 2. The lowest BCUT2D eigenvalue weighted by molar-refractivity contribution is -0.138. The van der Waals surface area contributed by atoms with E-state index in [2.05, 4.69) is 13.8 Å². The Labute approximate surface area is 188 Å². The lowest BCUT2D eigenvalue weighted by Crippen LogP contribution is -2.37. The summed E-state index contributed by atoms with van der Waals surface area (Å²) in [6.45, 7) is 6.16. The van der Waals surface area contributed by atoms with Crippen molar-refractivity contribution < 1.29 is 18.7 Å². The molecule has 2 heterocycles. The first-order chi connectivity index (χ1) is 15.5. The lowest BCUT2D eigenvalue weighted by atomic mass is 10.0. The van der Waals surface area contributed by atoms with Crippen molar-refractivity contribution in [3.05, 3.63) is 71.2 Å². The molecular formula is C26H29FN2O3. The van der Waals surface area contributed by atoms with Gasteiger partial charge in [-0.25, -0.2) is 4.39 Å². The second-order valence-corrected chi connectivity index (χ2v) is 8.79. The number of piperidine rings is 1. The summed E-state index contributed by atoms with van der Waals surface area (Å²) < 4.78 is 20.0. The summed E-state index contributed by atoms with van der Waals surface area (Å²) in [5.41, 5.74) is 1.83. The summed E-state index contributed by atoms with van der Waals surface area (Å²) in [5, 5.41) is 0. The minimum Gasteiger partial charge on any atom is -0.493 e. The van der Waals surface area contributed by atoms with Gasteiger partial charge in [-0.3, -0.25) is 14.5 Å². The number of benzene rings is 2. The van der Waals surface area contributed by atoms with Gasteiger partial charge in [0.25, 0.3) is 11.8 Å². The van der Waals surface area contributed by atoms with Crippen LogP contribution >= 0.6 is 0 Å². The summed E-state index contributed by atoms with van der Waals surface area (Å²) in [5.74, 6) is -0.0238. The number of ether oxygens (including phenoxy) is 1. The third-order valence-electron chi connectivity index (χ3n) is 5.83. The number of carbonyl (C=O) groups is 2. The van der Waals surface area contributed by atoms with Gasteiger partial charge in [-0.1, -0.05) is 44.2 Å². The van der Waals surface area contributed by atoms with E-state index in [1.165, 1.54) is 11.0 Å². The van der Waals surface area contributed by atoms with E-state index < -0.39 is 5.82 Å². The molecule has 0 spiro atoms. The Morgan fingerprint density at radius 2 is 1.62 bits per heavy atom. The maximum Gasteiger partial charge on any atom is 0.278 e. The van der Waals surface area contributed by atoms with Crippen LogP contribution in [0.5, 0.6) is 5.75 Å². The van der Waals surface area contributed by atoms with Gasteiger partial charge in [0.05, 0.1) is 18.7 Å². The van der Waals surface area contributed by atoms with E-state index >= 15 is 0 Å². The van der Waals surface area contributed by atoms with Gasteiger partial charge >= 0.3 is 0 Å². The minimum atomic E-state index is -0.423. The summed E-state index contributed by atoms with van der Waals surface area (Å²) in [6.07, 6.45) is 3.07. The fourth-order valence-corrected chi connectivity index (χ4v) is 4.16. The molecule has 1 fully saturated rings. The van der Waals surface area contributed by atoms with E-state index in [1.807, 2.05) is 29.2 Å². The number of halogens is 1. The molecule has 0 bridgehead atoms. The highest BCUT2D eigenvalue weighted by molar-refractivity contribution is 6.35. The highest BCUT2D eigenvalue weighted by atomic mass is 19.1. The zero-order valence-electron chi connectivity index (χ0n) is 18.6. The van der Waals surface area contributed by atoms with Gasteiger partial charge in [0.15, 0.2) is 0 Å². The van der Waals surface area contributed by atoms with Crippen LogP contribution in [0.1, 0.15) is 44.2 Å². The number of hydrogen-bond donors (Lipinski definition) is 0. The van der Waals surface area contributed by atoms with Crippen molar-refractivity contribution in [2.45, 2.75) is 39.7 Å². The monoisotopic (exact) mass is 436 g/mol. The van der Waals surface area contributed by atoms with Crippen molar-refractivity contribution >= 4 is 17.4 Å². The molecule has 32 heavy (non-hydrogen) atoms. The standard InChI is InChI=1S/C26H29FN2O3/c1-18(2)17-32-21-12-10-19(11-13-21)23-24(28-14-6-3-7-15-28)26(31)29(25(23)30)16-20-8-4-5-9-22(20)27/h4-5,8-13,18H,3,6-7,14-17H2,1-2H3. The van der Waals surface area contributed by atoms with Crippen LogP contribution < -0.4 is 4.74 Å². The van der Waals surface area contributed by atoms with E-state index in [4.69, 9.17) is 4.74 Å². The number of rotatable bonds is 7. The van der Waals surface area contributed by atoms with Crippen molar-refractivity contribution in [2.75, 3.05) is 19.7 Å². The number of likely N-dealkylation sites (tertiary alicyclic amines) is 1. The molecule has 0 radical (unpaired) electrons. The first-order valence-electron chi connectivity index (χ1n) is 11.3. The van der Waals surface area contributed by atoms with Gasteiger partial charge in [-0.05, 0) is 48.9 Å². The molecule has 2 aromatic carbocycles. The van der Waals surface area contributed by atoms with Gasteiger partial charge < -0.3 is 9.64 Å². The molecule has 0 N–H and O–H groups in total. The molecule has 2 aliphatic rings. The lowest BCUT2D eigenvalue weighted by Gasteiger charge is -2.29. The van der Waals surface area contributed by atoms with Crippen LogP contribution in [0.15, 0.2) is 54.2 Å². The molecule has 0 saturated carbocycles. The van der Waals surface area contributed by atoms with Gasteiger partial charge in [0.1, 0.15) is 17.3 Å².